The van der Waals surface area contributed by atoms with Crippen molar-refractivity contribution in [1.29, 1.82) is 0 Å². The molecule has 1 aromatic carbocycles. The predicted molar refractivity (Wildman–Crippen MR) is 101 cm³/mol. The molecule has 0 radical (unpaired) electrons. The maximum Gasteiger partial charge on any atom is 0.228 e. The van der Waals surface area contributed by atoms with Crippen LogP contribution in [0, 0.1) is 18.2 Å². The highest BCUT2D eigenvalue weighted by molar-refractivity contribution is 5.84. The molecular weight excluding hydrogens is 343 g/mol. The number of benzene rings is 1. The zero-order valence-corrected chi connectivity index (χ0v) is 16.0. The van der Waals surface area contributed by atoms with Crippen molar-refractivity contribution in [2.45, 2.75) is 64.7 Å². The molecule has 4 nitrogen and oxygen atoms in total. The predicted octanol–water partition coefficient (Wildman–Crippen LogP) is 4.18. The summed E-state index contributed by atoms with van der Waals surface area (Å²) in [4.78, 5) is 15.6. The Labute approximate surface area is 159 Å². The van der Waals surface area contributed by atoms with Crippen molar-refractivity contribution in [3.8, 4) is 0 Å². The van der Waals surface area contributed by atoms with Gasteiger partial charge in [-0.2, -0.15) is 0 Å². The number of fused-ring (bicyclic) bond motifs is 2. The Hall–Kier alpha value is -2.14. The molecule has 0 spiro atoms. The van der Waals surface area contributed by atoms with E-state index in [4.69, 9.17) is 4.42 Å². The van der Waals surface area contributed by atoms with E-state index in [-0.39, 0.29) is 24.3 Å². The van der Waals surface area contributed by atoms with Crippen LogP contribution in [0.3, 0.4) is 0 Å². The first kappa shape index (κ1) is 18.2. The Kier molecular flexibility index (Phi) is 4.81. The highest BCUT2D eigenvalue weighted by atomic mass is 19.1. The maximum atomic E-state index is 13.9. The summed E-state index contributed by atoms with van der Waals surface area (Å²) in [7, 11) is 0. The number of nitrogens with zero attached hydrogens (tertiary/aromatic N) is 1. The van der Waals surface area contributed by atoms with Gasteiger partial charge in [0.2, 0.25) is 5.91 Å². The van der Waals surface area contributed by atoms with E-state index < -0.39 is 5.41 Å². The highest BCUT2D eigenvalue weighted by Crippen LogP contribution is 2.52. The van der Waals surface area contributed by atoms with Gasteiger partial charge in [-0.05, 0) is 50.8 Å². The van der Waals surface area contributed by atoms with Crippen molar-refractivity contribution in [3.63, 3.8) is 0 Å². The second-order valence-corrected chi connectivity index (χ2v) is 7.92. The molecule has 2 aromatic rings. The second-order valence-electron chi connectivity index (χ2n) is 7.92. The second kappa shape index (κ2) is 7.12. The number of hydrogen-bond acceptors (Lipinski definition) is 3. The third-order valence-corrected chi connectivity index (χ3v) is 6.50. The smallest absolute Gasteiger partial charge is 0.228 e. The van der Waals surface area contributed by atoms with Crippen molar-refractivity contribution < 1.29 is 13.6 Å². The molecule has 3 atom stereocenters. The summed E-state index contributed by atoms with van der Waals surface area (Å²) in [6.07, 6.45) is 3.83. The molecule has 2 fully saturated rings. The number of carbonyl (C=O) groups is 1. The number of hydrogen-bond donors (Lipinski definition) is 1. The van der Waals surface area contributed by atoms with Crippen molar-refractivity contribution in [2.75, 3.05) is 0 Å². The van der Waals surface area contributed by atoms with E-state index >= 15 is 0 Å². The van der Waals surface area contributed by atoms with Crippen molar-refractivity contribution in [3.05, 3.63) is 59.3 Å². The van der Waals surface area contributed by atoms with E-state index in [0.29, 0.717) is 11.6 Å². The summed E-state index contributed by atoms with van der Waals surface area (Å²) < 4.78 is 19.6. The average molecular weight is 370 g/mol. The van der Waals surface area contributed by atoms with Crippen LogP contribution in [0.1, 0.15) is 49.7 Å². The quantitative estimate of drug-likeness (QED) is 0.830. The molecule has 27 heavy (non-hydrogen) atoms. The number of carbonyl (C=O) groups excluding carboxylic acids is 1. The van der Waals surface area contributed by atoms with Crippen LogP contribution in [0.25, 0.3) is 0 Å². The number of halogens is 1. The van der Waals surface area contributed by atoms with Crippen LogP contribution in [0.5, 0.6) is 0 Å². The summed E-state index contributed by atoms with van der Waals surface area (Å²) >= 11 is 0. The molecule has 5 heteroatoms. The summed E-state index contributed by atoms with van der Waals surface area (Å²) in [6.45, 7) is 5.04. The Bertz CT molecular complexity index is 833. The number of amides is 1. The molecule has 4 rings (SSSR count). The van der Waals surface area contributed by atoms with Gasteiger partial charge in [-0.25, -0.2) is 4.39 Å². The third kappa shape index (κ3) is 3.18. The molecule has 2 saturated heterocycles. The number of nitrogens with one attached hydrogen (secondary N) is 1. The minimum atomic E-state index is -0.393. The first-order valence-corrected chi connectivity index (χ1v) is 9.86. The van der Waals surface area contributed by atoms with Gasteiger partial charge in [0.1, 0.15) is 17.3 Å². The van der Waals surface area contributed by atoms with Crippen molar-refractivity contribution >= 4 is 5.91 Å². The lowest BCUT2D eigenvalue weighted by Gasteiger charge is -2.35. The van der Waals surface area contributed by atoms with Crippen molar-refractivity contribution in [2.24, 2.45) is 5.41 Å². The van der Waals surface area contributed by atoms with Gasteiger partial charge < -0.3 is 9.73 Å². The lowest BCUT2D eigenvalue weighted by atomic mass is 9.71. The van der Waals surface area contributed by atoms with Crippen LogP contribution >= 0.6 is 0 Å². The van der Waals surface area contributed by atoms with Crippen molar-refractivity contribution in [1.82, 2.24) is 10.2 Å². The van der Waals surface area contributed by atoms with Crippen LogP contribution < -0.4 is 5.32 Å². The Morgan fingerprint density at radius 3 is 2.81 bits per heavy atom. The van der Waals surface area contributed by atoms with E-state index in [1.54, 1.807) is 18.2 Å². The lowest BCUT2D eigenvalue weighted by Crippen LogP contribution is -2.48. The van der Waals surface area contributed by atoms with Gasteiger partial charge in [0, 0.05) is 24.2 Å². The van der Waals surface area contributed by atoms with Crippen LogP contribution in [0.2, 0.25) is 0 Å². The molecule has 0 aliphatic carbocycles. The topological polar surface area (TPSA) is 45.5 Å². The summed E-state index contributed by atoms with van der Waals surface area (Å²) in [5, 5.41) is 3.02. The number of furan rings is 1. The SMILES string of the molecule is CC[C@@]1(C(=O)NCc2ccccc2F)C[C@@H]2CC[C@H]1N2Cc1ccc(C)o1. The van der Waals surface area contributed by atoms with Crippen LogP contribution in [0.15, 0.2) is 40.8 Å². The van der Waals surface area contributed by atoms with E-state index in [2.05, 4.69) is 17.1 Å². The average Bonchev–Trinajstić information content (AvgIpc) is 3.35. The first-order valence-electron chi connectivity index (χ1n) is 9.86. The zero-order chi connectivity index (χ0) is 19.0. The van der Waals surface area contributed by atoms with Crippen LogP contribution in [-0.4, -0.2) is 22.9 Å². The molecule has 3 heterocycles. The highest BCUT2D eigenvalue weighted by Gasteiger charge is 2.58. The van der Waals surface area contributed by atoms with Gasteiger partial charge in [0.15, 0.2) is 0 Å². The van der Waals surface area contributed by atoms with Gasteiger partial charge in [0.05, 0.1) is 12.0 Å². The summed E-state index contributed by atoms with van der Waals surface area (Å²) in [5.41, 5.74) is 0.138. The molecular formula is C22H27FN2O2. The minimum absolute atomic E-state index is 0.0566. The zero-order valence-electron chi connectivity index (χ0n) is 16.0. The molecule has 0 saturated carbocycles. The van der Waals surface area contributed by atoms with E-state index in [1.807, 2.05) is 19.1 Å². The molecule has 2 aliphatic rings. The van der Waals surface area contributed by atoms with Crippen LogP contribution in [0.4, 0.5) is 4.39 Å². The Morgan fingerprint density at radius 1 is 1.30 bits per heavy atom. The van der Waals surface area contributed by atoms with Gasteiger partial charge in [-0.1, -0.05) is 25.1 Å². The molecule has 2 aliphatic heterocycles. The normalized spacial score (nSPS) is 27.2. The third-order valence-electron chi connectivity index (χ3n) is 6.50. The fourth-order valence-corrected chi connectivity index (χ4v) is 5.07. The largest absolute Gasteiger partial charge is 0.465 e. The first-order chi connectivity index (χ1) is 13.0. The Balaban J connectivity index is 1.48. The lowest BCUT2D eigenvalue weighted by molar-refractivity contribution is -0.133. The summed E-state index contributed by atoms with van der Waals surface area (Å²) in [6, 6.07) is 11.3. The molecule has 1 aromatic heterocycles. The van der Waals surface area contributed by atoms with E-state index in [1.165, 1.54) is 6.07 Å². The number of aryl methyl sites for hydroxylation is 1. The molecule has 1 N–H and O–H groups in total. The molecule has 0 unspecified atom stereocenters. The fourth-order valence-electron chi connectivity index (χ4n) is 5.07. The van der Waals surface area contributed by atoms with E-state index in [9.17, 15) is 9.18 Å². The fraction of sp³-hybridized carbons (Fsp3) is 0.500. The van der Waals surface area contributed by atoms with Gasteiger partial charge in [-0.15, -0.1) is 0 Å². The van der Waals surface area contributed by atoms with E-state index in [0.717, 1.165) is 43.7 Å². The molecule has 144 valence electrons. The number of rotatable bonds is 6. The van der Waals surface area contributed by atoms with Gasteiger partial charge >= 0.3 is 0 Å². The summed E-state index contributed by atoms with van der Waals surface area (Å²) in [5.74, 6) is 1.66. The Morgan fingerprint density at radius 2 is 2.11 bits per heavy atom. The standard InChI is InChI=1S/C22H27FN2O2/c1-3-22(21(26)24-13-16-6-4-5-7-19(16)23)12-17-9-11-20(22)25(17)14-18-10-8-15(2)27-18/h4-8,10,17,20H,3,9,11-14H2,1-2H3,(H,24,26)/t17-,20+,22+/m0/s1. The monoisotopic (exact) mass is 370 g/mol. The molecule has 1 amide bonds. The van der Waals surface area contributed by atoms with Crippen LogP contribution in [-0.2, 0) is 17.9 Å². The molecule has 2 bridgehead atoms. The van der Waals surface area contributed by atoms with Gasteiger partial charge in [-0.3, -0.25) is 9.69 Å². The maximum absolute atomic E-state index is 13.9. The van der Waals surface area contributed by atoms with Gasteiger partial charge in [0.25, 0.3) is 0 Å². The minimum Gasteiger partial charge on any atom is -0.465 e.